The molecule has 0 aliphatic rings. The molecule has 0 heterocycles. The molecule has 0 aromatic heterocycles. The zero-order valence-corrected chi connectivity index (χ0v) is 9.44. The Morgan fingerprint density at radius 1 is 1.44 bits per heavy atom. The summed E-state index contributed by atoms with van der Waals surface area (Å²) in [6.45, 7) is 1.92. The van der Waals surface area contributed by atoms with Crippen molar-refractivity contribution in [1.29, 1.82) is 0 Å². The first kappa shape index (κ1) is 12.0. The zero-order valence-electron chi connectivity index (χ0n) is 9.44. The minimum absolute atomic E-state index is 0.532. The Balaban J connectivity index is 3.21. The van der Waals surface area contributed by atoms with Crippen LogP contribution in [0.25, 0.3) is 5.57 Å². The predicted octanol–water partition coefficient (Wildman–Crippen LogP) is 2.38. The normalized spacial score (nSPS) is 11.8. The third kappa shape index (κ3) is 2.51. The lowest BCUT2D eigenvalue weighted by Crippen LogP contribution is -1.92. The van der Waals surface area contributed by atoms with Crippen molar-refractivity contribution >= 4 is 11.9 Å². The summed E-state index contributed by atoms with van der Waals surface area (Å²) < 4.78 is 5.07. The number of hydrogen-bond acceptors (Lipinski definition) is 3. The van der Waals surface area contributed by atoms with Gasteiger partial charge in [-0.25, -0.2) is 0 Å². The summed E-state index contributed by atoms with van der Waals surface area (Å²) in [5, 5.41) is 0. The van der Waals surface area contributed by atoms with Gasteiger partial charge >= 0.3 is 0 Å². The van der Waals surface area contributed by atoms with E-state index < -0.39 is 0 Å². The molecular weight excluding hydrogens is 202 g/mol. The third-order valence-corrected chi connectivity index (χ3v) is 2.28. The number of carbonyl (C=O) groups is 1. The summed E-state index contributed by atoms with van der Waals surface area (Å²) in [4.78, 5) is 10.9. The van der Waals surface area contributed by atoms with E-state index in [2.05, 4.69) is 0 Å². The van der Waals surface area contributed by atoms with Crippen LogP contribution in [0.2, 0.25) is 0 Å². The van der Waals surface area contributed by atoms with E-state index in [1.54, 1.807) is 25.3 Å². The van der Waals surface area contributed by atoms with Crippen molar-refractivity contribution in [3.63, 3.8) is 0 Å². The summed E-state index contributed by atoms with van der Waals surface area (Å²) >= 11 is 0. The Morgan fingerprint density at radius 2 is 2.19 bits per heavy atom. The summed E-state index contributed by atoms with van der Waals surface area (Å²) in [6, 6.07) is 5.44. The monoisotopic (exact) mass is 217 g/mol. The van der Waals surface area contributed by atoms with Crippen molar-refractivity contribution in [3.8, 4) is 5.75 Å². The fourth-order valence-electron chi connectivity index (χ4n) is 1.47. The van der Waals surface area contributed by atoms with Crippen LogP contribution in [0, 0.1) is 0 Å². The molecule has 3 nitrogen and oxygen atoms in total. The second-order valence-electron chi connectivity index (χ2n) is 3.18. The molecule has 0 saturated heterocycles. The van der Waals surface area contributed by atoms with Crippen LogP contribution in [-0.2, 0) is 0 Å². The zero-order chi connectivity index (χ0) is 12.0. The molecule has 0 saturated carbocycles. The molecule has 0 atom stereocenters. The van der Waals surface area contributed by atoms with E-state index in [-0.39, 0.29) is 0 Å². The molecule has 3 heteroatoms. The molecule has 1 rings (SSSR count). The van der Waals surface area contributed by atoms with E-state index in [0.29, 0.717) is 11.3 Å². The van der Waals surface area contributed by atoms with Crippen molar-refractivity contribution in [2.24, 2.45) is 5.73 Å². The predicted molar refractivity (Wildman–Crippen MR) is 65.4 cm³/mol. The van der Waals surface area contributed by atoms with Crippen LogP contribution in [0.4, 0.5) is 0 Å². The fraction of sp³-hybridized carbons (Fsp3) is 0.154. The van der Waals surface area contributed by atoms with Crippen molar-refractivity contribution in [1.82, 2.24) is 0 Å². The lowest BCUT2D eigenvalue weighted by Gasteiger charge is -2.07. The van der Waals surface area contributed by atoms with Gasteiger partial charge in [-0.15, -0.1) is 0 Å². The maximum atomic E-state index is 10.9. The SMILES string of the molecule is C/C=C(\C=C/N)c1ccc(OC)c(C=O)c1. The molecule has 1 aromatic rings. The number of nitrogens with two attached hydrogens (primary N) is 1. The van der Waals surface area contributed by atoms with Gasteiger partial charge in [0.25, 0.3) is 0 Å². The first-order chi connectivity index (χ1) is 7.76. The van der Waals surface area contributed by atoms with Crippen LogP contribution in [-0.4, -0.2) is 13.4 Å². The van der Waals surface area contributed by atoms with Crippen LogP contribution in [0.1, 0.15) is 22.8 Å². The van der Waals surface area contributed by atoms with E-state index in [1.165, 1.54) is 6.20 Å². The first-order valence-electron chi connectivity index (χ1n) is 4.95. The second-order valence-corrected chi connectivity index (χ2v) is 3.18. The van der Waals surface area contributed by atoms with Crippen molar-refractivity contribution in [2.75, 3.05) is 7.11 Å². The number of methoxy groups -OCH3 is 1. The number of carbonyl (C=O) groups excluding carboxylic acids is 1. The van der Waals surface area contributed by atoms with E-state index in [1.807, 2.05) is 19.1 Å². The Labute approximate surface area is 95.2 Å². The van der Waals surface area contributed by atoms with Gasteiger partial charge in [0.05, 0.1) is 12.7 Å². The molecule has 0 aliphatic heterocycles. The topological polar surface area (TPSA) is 52.3 Å². The minimum atomic E-state index is 0.532. The second kappa shape index (κ2) is 5.75. The number of rotatable bonds is 4. The standard InChI is InChI=1S/C13H15NO2/c1-3-10(6-7-14)11-4-5-13(16-2)12(8-11)9-15/h3-9H,14H2,1-2H3/b7-6-,10-3+. The Bertz CT molecular complexity index is 434. The number of hydrogen-bond donors (Lipinski definition) is 1. The van der Waals surface area contributed by atoms with Crippen LogP contribution in [0.5, 0.6) is 5.75 Å². The smallest absolute Gasteiger partial charge is 0.153 e. The quantitative estimate of drug-likeness (QED) is 0.622. The Morgan fingerprint density at radius 3 is 2.69 bits per heavy atom. The highest BCUT2D eigenvalue weighted by molar-refractivity contribution is 5.83. The van der Waals surface area contributed by atoms with Gasteiger partial charge in [0, 0.05) is 0 Å². The summed E-state index contributed by atoms with van der Waals surface area (Å²) in [5.41, 5.74) is 7.79. The summed E-state index contributed by atoms with van der Waals surface area (Å²) in [6.07, 6.45) is 5.97. The number of benzene rings is 1. The van der Waals surface area contributed by atoms with Gasteiger partial charge in [-0.1, -0.05) is 12.1 Å². The van der Waals surface area contributed by atoms with Gasteiger partial charge in [-0.3, -0.25) is 4.79 Å². The van der Waals surface area contributed by atoms with Crippen LogP contribution >= 0.6 is 0 Å². The molecule has 0 amide bonds. The van der Waals surface area contributed by atoms with Crippen molar-refractivity contribution in [3.05, 3.63) is 47.7 Å². The van der Waals surface area contributed by atoms with Crippen molar-refractivity contribution < 1.29 is 9.53 Å². The Hall–Kier alpha value is -2.03. The molecule has 0 fully saturated rings. The highest BCUT2D eigenvalue weighted by atomic mass is 16.5. The van der Waals surface area contributed by atoms with Gasteiger partial charge in [-0.05, 0) is 42.5 Å². The van der Waals surface area contributed by atoms with E-state index >= 15 is 0 Å². The van der Waals surface area contributed by atoms with Gasteiger partial charge < -0.3 is 10.5 Å². The van der Waals surface area contributed by atoms with Gasteiger partial charge in [0.1, 0.15) is 5.75 Å². The summed E-state index contributed by atoms with van der Waals surface area (Å²) in [5.74, 6) is 0.575. The maximum absolute atomic E-state index is 10.9. The number of allylic oxidation sites excluding steroid dienone is 3. The molecule has 2 N–H and O–H groups in total. The van der Waals surface area contributed by atoms with E-state index in [0.717, 1.165) is 17.4 Å². The fourth-order valence-corrected chi connectivity index (χ4v) is 1.47. The highest BCUT2D eigenvalue weighted by Gasteiger charge is 2.04. The molecular formula is C13H15NO2. The average Bonchev–Trinajstić information content (AvgIpc) is 2.35. The summed E-state index contributed by atoms with van der Waals surface area (Å²) in [7, 11) is 1.54. The highest BCUT2D eigenvalue weighted by Crippen LogP contribution is 2.23. The average molecular weight is 217 g/mol. The molecule has 0 spiro atoms. The Kier molecular flexibility index (Phi) is 4.33. The largest absolute Gasteiger partial charge is 0.496 e. The first-order valence-corrected chi connectivity index (χ1v) is 4.95. The van der Waals surface area contributed by atoms with Gasteiger partial charge in [0.15, 0.2) is 6.29 Å². The minimum Gasteiger partial charge on any atom is -0.496 e. The molecule has 0 unspecified atom stereocenters. The van der Waals surface area contributed by atoms with Crippen molar-refractivity contribution in [2.45, 2.75) is 6.92 Å². The molecule has 84 valence electrons. The molecule has 0 bridgehead atoms. The number of aldehydes is 1. The lowest BCUT2D eigenvalue weighted by atomic mass is 10.0. The van der Waals surface area contributed by atoms with Crippen LogP contribution < -0.4 is 10.5 Å². The molecule has 0 aliphatic carbocycles. The maximum Gasteiger partial charge on any atom is 0.153 e. The van der Waals surface area contributed by atoms with Crippen LogP contribution in [0.15, 0.2) is 36.6 Å². The molecule has 0 radical (unpaired) electrons. The lowest BCUT2D eigenvalue weighted by molar-refractivity contribution is 0.112. The van der Waals surface area contributed by atoms with Crippen LogP contribution in [0.3, 0.4) is 0 Å². The number of ether oxygens (including phenoxy) is 1. The van der Waals surface area contributed by atoms with E-state index in [9.17, 15) is 4.79 Å². The van der Waals surface area contributed by atoms with Gasteiger partial charge in [0.2, 0.25) is 0 Å². The third-order valence-electron chi connectivity index (χ3n) is 2.28. The van der Waals surface area contributed by atoms with E-state index in [4.69, 9.17) is 10.5 Å². The van der Waals surface area contributed by atoms with Gasteiger partial charge in [-0.2, -0.15) is 0 Å². The molecule has 1 aromatic carbocycles. The molecule has 16 heavy (non-hydrogen) atoms.